The quantitative estimate of drug-likeness (QED) is 0.753. The Morgan fingerprint density at radius 1 is 1.13 bits per heavy atom. The van der Waals surface area contributed by atoms with Crippen molar-refractivity contribution in [3.8, 4) is 0 Å². The molecule has 1 unspecified atom stereocenters. The molecule has 1 fully saturated rings. The first-order valence-electron chi connectivity index (χ1n) is 6.56. The molecule has 1 rings (SSSR count). The average Bonchev–Trinajstić information content (AvgIpc) is 2.26. The Kier molecular flexibility index (Phi) is 5.62. The van der Waals surface area contributed by atoms with E-state index in [2.05, 4.69) is 38.0 Å². The first-order valence-corrected chi connectivity index (χ1v) is 6.56. The molecule has 0 amide bonds. The highest BCUT2D eigenvalue weighted by atomic mass is 15.2. The van der Waals surface area contributed by atoms with Gasteiger partial charge in [0.1, 0.15) is 0 Å². The topological polar surface area (TPSA) is 15.3 Å². The number of hydrogen-bond donors (Lipinski definition) is 1. The SMILES string of the molecule is CC(C)NCC(C)N(C)C1CCCCC1. The van der Waals surface area contributed by atoms with Gasteiger partial charge in [0.05, 0.1) is 0 Å². The summed E-state index contributed by atoms with van der Waals surface area (Å²) in [7, 11) is 2.29. The van der Waals surface area contributed by atoms with Gasteiger partial charge < -0.3 is 5.32 Å². The van der Waals surface area contributed by atoms with Crippen LogP contribution in [0.5, 0.6) is 0 Å². The molecule has 1 saturated carbocycles. The first kappa shape index (κ1) is 13.0. The van der Waals surface area contributed by atoms with Crippen LogP contribution in [0.1, 0.15) is 52.9 Å². The van der Waals surface area contributed by atoms with E-state index in [9.17, 15) is 0 Å². The molecule has 0 spiro atoms. The van der Waals surface area contributed by atoms with Crippen LogP contribution in [-0.4, -0.2) is 36.6 Å². The van der Waals surface area contributed by atoms with Crippen LogP contribution in [-0.2, 0) is 0 Å². The zero-order chi connectivity index (χ0) is 11.3. The molecule has 0 saturated heterocycles. The third-order valence-corrected chi connectivity index (χ3v) is 3.67. The molecule has 1 N–H and O–H groups in total. The van der Waals surface area contributed by atoms with E-state index in [0.29, 0.717) is 12.1 Å². The molecular weight excluding hydrogens is 184 g/mol. The number of rotatable bonds is 5. The summed E-state index contributed by atoms with van der Waals surface area (Å²) in [5.41, 5.74) is 0. The van der Waals surface area contributed by atoms with Crippen molar-refractivity contribution >= 4 is 0 Å². The zero-order valence-electron chi connectivity index (χ0n) is 10.9. The molecule has 0 aliphatic heterocycles. The molecule has 0 heterocycles. The fourth-order valence-corrected chi connectivity index (χ4v) is 2.40. The van der Waals surface area contributed by atoms with Gasteiger partial charge in [0.2, 0.25) is 0 Å². The maximum atomic E-state index is 3.52. The molecule has 1 aliphatic rings. The van der Waals surface area contributed by atoms with Crippen LogP contribution in [0.4, 0.5) is 0 Å². The molecule has 1 aliphatic carbocycles. The highest BCUT2D eigenvalue weighted by Crippen LogP contribution is 2.22. The van der Waals surface area contributed by atoms with Crippen LogP contribution in [0.25, 0.3) is 0 Å². The highest BCUT2D eigenvalue weighted by Gasteiger charge is 2.21. The molecule has 90 valence electrons. The summed E-state index contributed by atoms with van der Waals surface area (Å²) in [6.07, 6.45) is 7.12. The van der Waals surface area contributed by atoms with E-state index < -0.39 is 0 Å². The maximum Gasteiger partial charge on any atom is 0.0192 e. The fourth-order valence-electron chi connectivity index (χ4n) is 2.40. The van der Waals surface area contributed by atoms with Crippen LogP contribution >= 0.6 is 0 Å². The lowest BCUT2D eigenvalue weighted by atomic mass is 9.94. The van der Waals surface area contributed by atoms with E-state index in [0.717, 1.165) is 12.6 Å². The van der Waals surface area contributed by atoms with Crippen LogP contribution in [0.3, 0.4) is 0 Å². The van der Waals surface area contributed by atoms with Crippen molar-refractivity contribution in [3.63, 3.8) is 0 Å². The van der Waals surface area contributed by atoms with Gasteiger partial charge in [0, 0.05) is 24.7 Å². The van der Waals surface area contributed by atoms with Gasteiger partial charge in [-0.15, -0.1) is 0 Å². The van der Waals surface area contributed by atoms with Crippen molar-refractivity contribution in [2.24, 2.45) is 0 Å². The molecule has 0 bridgehead atoms. The minimum atomic E-state index is 0.604. The first-order chi connectivity index (χ1) is 7.11. The Morgan fingerprint density at radius 2 is 1.73 bits per heavy atom. The number of hydrogen-bond acceptors (Lipinski definition) is 2. The fraction of sp³-hybridized carbons (Fsp3) is 1.00. The van der Waals surface area contributed by atoms with Gasteiger partial charge in [-0.3, -0.25) is 4.90 Å². The molecule has 0 aromatic rings. The zero-order valence-corrected chi connectivity index (χ0v) is 10.9. The smallest absolute Gasteiger partial charge is 0.0192 e. The van der Waals surface area contributed by atoms with Gasteiger partial charge in [-0.05, 0) is 26.8 Å². The van der Waals surface area contributed by atoms with Crippen molar-refractivity contribution in [1.82, 2.24) is 10.2 Å². The summed E-state index contributed by atoms with van der Waals surface area (Å²) in [5.74, 6) is 0. The van der Waals surface area contributed by atoms with Crippen LogP contribution in [0.15, 0.2) is 0 Å². The van der Waals surface area contributed by atoms with E-state index >= 15 is 0 Å². The minimum absolute atomic E-state index is 0.604. The second-order valence-electron chi connectivity index (χ2n) is 5.37. The Bertz CT molecular complexity index is 162. The van der Waals surface area contributed by atoms with Gasteiger partial charge in [-0.2, -0.15) is 0 Å². The summed E-state index contributed by atoms with van der Waals surface area (Å²) >= 11 is 0. The highest BCUT2D eigenvalue weighted by molar-refractivity contribution is 4.78. The summed E-state index contributed by atoms with van der Waals surface area (Å²) < 4.78 is 0. The molecule has 0 radical (unpaired) electrons. The average molecular weight is 212 g/mol. The monoisotopic (exact) mass is 212 g/mol. The standard InChI is InChI=1S/C13H28N2/c1-11(2)14-10-12(3)15(4)13-8-6-5-7-9-13/h11-14H,5-10H2,1-4H3. The normalized spacial score (nSPS) is 21.2. The Hall–Kier alpha value is -0.0800. The summed E-state index contributed by atoms with van der Waals surface area (Å²) in [6, 6.07) is 2.10. The molecule has 2 heteroatoms. The lowest BCUT2D eigenvalue weighted by Crippen LogP contribution is -2.45. The Balaban J connectivity index is 2.27. The predicted molar refractivity (Wildman–Crippen MR) is 67.2 cm³/mol. The molecule has 0 aromatic heterocycles. The van der Waals surface area contributed by atoms with Crippen molar-refractivity contribution in [1.29, 1.82) is 0 Å². The Labute approximate surface area is 95.4 Å². The summed E-state index contributed by atoms with van der Waals surface area (Å²) in [4.78, 5) is 2.58. The van der Waals surface area contributed by atoms with E-state index in [4.69, 9.17) is 0 Å². The molecule has 0 aromatic carbocycles. The van der Waals surface area contributed by atoms with Crippen molar-refractivity contribution < 1.29 is 0 Å². The van der Waals surface area contributed by atoms with Crippen LogP contribution in [0.2, 0.25) is 0 Å². The van der Waals surface area contributed by atoms with Gasteiger partial charge in [0.25, 0.3) is 0 Å². The number of likely N-dealkylation sites (N-methyl/N-ethyl adjacent to an activating group) is 1. The Morgan fingerprint density at radius 3 is 2.27 bits per heavy atom. The summed E-state index contributed by atoms with van der Waals surface area (Å²) in [6.45, 7) is 7.88. The van der Waals surface area contributed by atoms with Crippen molar-refractivity contribution in [2.45, 2.75) is 71.0 Å². The molecule has 15 heavy (non-hydrogen) atoms. The van der Waals surface area contributed by atoms with Gasteiger partial charge in [-0.1, -0.05) is 33.1 Å². The number of nitrogens with zero attached hydrogens (tertiary/aromatic N) is 1. The predicted octanol–water partition coefficient (Wildman–Crippen LogP) is 2.64. The lowest BCUT2D eigenvalue weighted by molar-refractivity contribution is 0.143. The van der Waals surface area contributed by atoms with Crippen molar-refractivity contribution in [3.05, 3.63) is 0 Å². The molecule has 2 nitrogen and oxygen atoms in total. The summed E-state index contributed by atoms with van der Waals surface area (Å²) in [5, 5.41) is 3.52. The van der Waals surface area contributed by atoms with Gasteiger partial charge in [0.15, 0.2) is 0 Å². The number of nitrogens with one attached hydrogen (secondary N) is 1. The lowest BCUT2D eigenvalue weighted by Gasteiger charge is -2.36. The van der Waals surface area contributed by atoms with Crippen molar-refractivity contribution in [2.75, 3.05) is 13.6 Å². The van der Waals surface area contributed by atoms with E-state index in [1.165, 1.54) is 32.1 Å². The van der Waals surface area contributed by atoms with Gasteiger partial charge >= 0.3 is 0 Å². The van der Waals surface area contributed by atoms with E-state index in [-0.39, 0.29) is 0 Å². The van der Waals surface area contributed by atoms with Crippen LogP contribution < -0.4 is 5.32 Å². The molecule has 1 atom stereocenters. The largest absolute Gasteiger partial charge is 0.313 e. The maximum absolute atomic E-state index is 3.52. The molecular formula is C13H28N2. The van der Waals surface area contributed by atoms with Gasteiger partial charge in [-0.25, -0.2) is 0 Å². The minimum Gasteiger partial charge on any atom is -0.313 e. The van der Waals surface area contributed by atoms with Crippen LogP contribution in [0, 0.1) is 0 Å². The second kappa shape index (κ2) is 6.49. The van der Waals surface area contributed by atoms with E-state index in [1.54, 1.807) is 0 Å². The second-order valence-corrected chi connectivity index (χ2v) is 5.37. The third-order valence-electron chi connectivity index (χ3n) is 3.67. The van der Waals surface area contributed by atoms with E-state index in [1.807, 2.05) is 0 Å². The third kappa shape index (κ3) is 4.52.